The van der Waals surface area contributed by atoms with E-state index in [-0.39, 0.29) is 0 Å². The molecule has 2 heterocycles. The average molecular weight is 280 g/mol. The summed E-state index contributed by atoms with van der Waals surface area (Å²) >= 11 is 0. The zero-order valence-corrected chi connectivity index (χ0v) is 14.3. The van der Waals surface area contributed by atoms with Crippen LogP contribution >= 0.6 is 0 Å². The largest absolute Gasteiger partial charge is 0.242 e. The van der Waals surface area contributed by atoms with E-state index in [9.17, 15) is 0 Å². The molecule has 0 radical (unpaired) electrons. The van der Waals surface area contributed by atoms with Crippen LogP contribution in [0.3, 0.4) is 0 Å². The van der Waals surface area contributed by atoms with Crippen molar-refractivity contribution in [3.05, 3.63) is 0 Å². The number of rotatable bonds is 0. The van der Waals surface area contributed by atoms with Crippen molar-refractivity contribution in [2.75, 3.05) is 13.6 Å². The Morgan fingerprint density at radius 2 is 1.30 bits per heavy atom. The summed E-state index contributed by atoms with van der Waals surface area (Å²) in [6.07, 6.45) is 12.8. The van der Waals surface area contributed by atoms with Gasteiger partial charge in [0.1, 0.15) is 0 Å². The number of nitrogens with zero attached hydrogens (tertiary/aromatic N) is 2. The van der Waals surface area contributed by atoms with Gasteiger partial charge in [-0.1, -0.05) is 46.0 Å². The lowest BCUT2D eigenvalue weighted by atomic mass is 9.91. The molecule has 0 aromatic rings. The molecule has 2 heteroatoms. The Morgan fingerprint density at radius 3 is 2.05 bits per heavy atom. The van der Waals surface area contributed by atoms with Gasteiger partial charge in [0, 0.05) is 25.7 Å². The van der Waals surface area contributed by atoms with Crippen molar-refractivity contribution in [3.63, 3.8) is 0 Å². The highest BCUT2D eigenvalue weighted by Gasteiger charge is 2.32. The van der Waals surface area contributed by atoms with Crippen LogP contribution in [0, 0.1) is 11.8 Å². The van der Waals surface area contributed by atoms with Gasteiger partial charge < -0.3 is 0 Å². The van der Waals surface area contributed by atoms with Crippen molar-refractivity contribution in [3.8, 4) is 0 Å². The first-order chi connectivity index (χ1) is 9.61. The molecule has 2 aliphatic heterocycles. The molecule has 0 saturated carbocycles. The molecule has 0 aromatic heterocycles. The molecule has 4 unspecified atom stereocenters. The second-order valence-electron chi connectivity index (χ2n) is 7.49. The van der Waals surface area contributed by atoms with E-state index < -0.39 is 0 Å². The summed E-state index contributed by atoms with van der Waals surface area (Å²) in [6.45, 7) is 8.68. The molecule has 118 valence electrons. The van der Waals surface area contributed by atoms with Crippen LogP contribution in [-0.4, -0.2) is 35.7 Å². The molecule has 2 rings (SSSR count). The summed E-state index contributed by atoms with van der Waals surface area (Å²) < 4.78 is 0. The first-order valence-corrected chi connectivity index (χ1v) is 9.10. The lowest BCUT2D eigenvalue weighted by molar-refractivity contribution is -0.0920. The summed E-state index contributed by atoms with van der Waals surface area (Å²) in [5.41, 5.74) is 0. The molecule has 2 fully saturated rings. The Hall–Kier alpha value is -0.0800. The molecule has 2 saturated heterocycles. The molecule has 0 N–H and O–H groups in total. The number of hydrogen-bond donors (Lipinski definition) is 0. The van der Waals surface area contributed by atoms with E-state index in [2.05, 4.69) is 37.8 Å². The van der Waals surface area contributed by atoms with Gasteiger partial charge >= 0.3 is 0 Å². The maximum atomic E-state index is 2.75. The van der Waals surface area contributed by atoms with Gasteiger partial charge in [0.2, 0.25) is 0 Å². The zero-order valence-electron chi connectivity index (χ0n) is 14.3. The highest BCUT2D eigenvalue weighted by Crippen LogP contribution is 2.30. The summed E-state index contributed by atoms with van der Waals surface area (Å²) in [5.74, 6) is 1.67. The van der Waals surface area contributed by atoms with Crippen LogP contribution in [0.1, 0.15) is 78.6 Å². The van der Waals surface area contributed by atoms with Gasteiger partial charge in [-0.15, -0.1) is 0 Å². The van der Waals surface area contributed by atoms with E-state index in [1.54, 1.807) is 0 Å². The maximum absolute atomic E-state index is 2.75. The molecule has 0 aliphatic carbocycles. The van der Waals surface area contributed by atoms with Crippen molar-refractivity contribution < 1.29 is 0 Å². The average Bonchev–Trinajstić information content (AvgIpc) is 2.70. The first kappa shape index (κ1) is 16.3. The van der Waals surface area contributed by atoms with Crippen molar-refractivity contribution in [2.24, 2.45) is 11.8 Å². The number of fused-ring (bicyclic) bond motifs is 1. The zero-order chi connectivity index (χ0) is 14.5. The SMILES string of the molecule is CC1CCCCCC(C)C2CCCCCN2N(C)C1C. The summed E-state index contributed by atoms with van der Waals surface area (Å²) in [7, 11) is 2.35. The Labute approximate surface area is 126 Å². The van der Waals surface area contributed by atoms with Crippen LogP contribution in [0.25, 0.3) is 0 Å². The van der Waals surface area contributed by atoms with E-state index in [1.807, 2.05) is 0 Å². The molecular formula is C18H36N2. The molecule has 4 atom stereocenters. The minimum Gasteiger partial charge on any atom is -0.242 e. The quantitative estimate of drug-likeness (QED) is 0.634. The minimum absolute atomic E-state index is 0.681. The number of hydrogen-bond acceptors (Lipinski definition) is 2. The fraction of sp³-hybridized carbons (Fsp3) is 1.00. The van der Waals surface area contributed by atoms with Crippen LogP contribution in [0.5, 0.6) is 0 Å². The van der Waals surface area contributed by atoms with Crippen LogP contribution in [0.15, 0.2) is 0 Å². The smallest absolute Gasteiger partial charge is 0.0271 e. The Bertz CT molecular complexity index is 279. The van der Waals surface area contributed by atoms with Gasteiger partial charge in [0.15, 0.2) is 0 Å². The van der Waals surface area contributed by atoms with Crippen LogP contribution in [-0.2, 0) is 0 Å². The van der Waals surface area contributed by atoms with Crippen molar-refractivity contribution in [2.45, 2.75) is 90.6 Å². The summed E-state index contributed by atoms with van der Waals surface area (Å²) in [6, 6.07) is 1.47. The molecular weight excluding hydrogens is 244 g/mol. The van der Waals surface area contributed by atoms with E-state index >= 15 is 0 Å². The predicted octanol–water partition coefficient (Wildman–Crippen LogP) is 4.70. The molecule has 2 aliphatic rings. The van der Waals surface area contributed by atoms with E-state index in [0.29, 0.717) is 6.04 Å². The highest BCUT2D eigenvalue weighted by molar-refractivity contribution is 4.81. The molecule has 0 spiro atoms. The Morgan fingerprint density at radius 1 is 0.700 bits per heavy atom. The van der Waals surface area contributed by atoms with Crippen LogP contribution in [0.2, 0.25) is 0 Å². The highest BCUT2D eigenvalue weighted by atomic mass is 15.6. The monoisotopic (exact) mass is 280 g/mol. The Kier molecular flexibility index (Phi) is 6.35. The standard InChI is InChI=1S/C18H36N2/c1-15-11-7-5-8-12-16(2)18-13-9-6-10-14-20(18)19(4)17(15)3/h15-18H,5-14H2,1-4H3. The lowest BCUT2D eigenvalue weighted by Gasteiger charge is -2.44. The van der Waals surface area contributed by atoms with Crippen LogP contribution in [0.4, 0.5) is 0 Å². The van der Waals surface area contributed by atoms with Crippen molar-refractivity contribution >= 4 is 0 Å². The second kappa shape index (κ2) is 7.79. The molecule has 20 heavy (non-hydrogen) atoms. The van der Waals surface area contributed by atoms with Gasteiger partial charge in [-0.05, 0) is 44.4 Å². The third-order valence-corrected chi connectivity index (χ3v) is 6.06. The van der Waals surface area contributed by atoms with Gasteiger partial charge in [-0.3, -0.25) is 0 Å². The topological polar surface area (TPSA) is 6.48 Å². The first-order valence-electron chi connectivity index (χ1n) is 9.10. The molecule has 2 nitrogen and oxygen atoms in total. The van der Waals surface area contributed by atoms with E-state index in [4.69, 9.17) is 0 Å². The lowest BCUT2D eigenvalue weighted by Crippen LogP contribution is -2.53. The molecule has 0 aromatic carbocycles. The summed E-state index contributed by atoms with van der Waals surface area (Å²) in [4.78, 5) is 0. The third-order valence-electron chi connectivity index (χ3n) is 6.06. The third kappa shape index (κ3) is 3.98. The van der Waals surface area contributed by atoms with E-state index in [1.165, 1.54) is 64.3 Å². The van der Waals surface area contributed by atoms with Crippen molar-refractivity contribution in [1.82, 2.24) is 10.0 Å². The Balaban J connectivity index is 2.16. The van der Waals surface area contributed by atoms with Crippen LogP contribution < -0.4 is 0 Å². The second-order valence-corrected chi connectivity index (χ2v) is 7.49. The van der Waals surface area contributed by atoms with E-state index in [0.717, 1.165) is 17.9 Å². The molecule has 0 amide bonds. The summed E-state index contributed by atoms with van der Waals surface area (Å²) in [5, 5.41) is 5.37. The predicted molar refractivity (Wildman–Crippen MR) is 87.6 cm³/mol. The van der Waals surface area contributed by atoms with Gasteiger partial charge in [-0.25, -0.2) is 10.0 Å². The fourth-order valence-electron chi connectivity index (χ4n) is 4.23. The van der Waals surface area contributed by atoms with Gasteiger partial charge in [0.05, 0.1) is 0 Å². The molecule has 0 bridgehead atoms. The fourth-order valence-corrected chi connectivity index (χ4v) is 4.23. The maximum Gasteiger partial charge on any atom is 0.0271 e. The normalized spacial score (nSPS) is 39.6. The van der Waals surface area contributed by atoms with Gasteiger partial charge in [-0.2, -0.15) is 0 Å². The van der Waals surface area contributed by atoms with Crippen molar-refractivity contribution in [1.29, 1.82) is 0 Å². The minimum atomic E-state index is 0.681. The number of hydrazine groups is 1. The van der Waals surface area contributed by atoms with Gasteiger partial charge in [0.25, 0.3) is 0 Å².